The molecule has 3 heterocycles. The number of nitrogens with zero attached hydrogens (tertiary/aromatic N) is 4. The molecular formula is C19H19ClN4O. The van der Waals surface area contributed by atoms with Crippen LogP contribution in [0.2, 0.25) is 5.15 Å². The van der Waals surface area contributed by atoms with Gasteiger partial charge in [0.25, 0.3) is 0 Å². The Kier molecular flexibility index (Phi) is 4.32. The zero-order valence-electron chi connectivity index (χ0n) is 13.8. The number of hydrogen-bond donors (Lipinski definition) is 0. The van der Waals surface area contributed by atoms with Crippen molar-refractivity contribution in [1.29, 1.82) is 0 Å². The lowest BCUT2D eigenvalue weighted by Crippen LogP contribution is -2.25. The maximum atomic E-state index is 6.17. The van der Waals surface area contributed by atoms with E-state index in [4.69, 9.17) is 16.3 Å². The van der Waals surface area contributed by atoms with Crippen molar-refractivity contribution in [3.8, 4) is 0 Å². The van der Waals surface area contributed by atoms with Crippen molar-refractivity contribution in [2.24, 2.45) is 0 Å². The Morgan fingerprint density at radius 3 is 2.96 bits per heavy atom. The Morgan fingerprint density at radius 2 is 2.12 bits per heavy atom. The van der Waals surface area contributed by atoms with Gasteiger partial charge in [-0.1, -0.05) is 41.9 Å². The molecule has 1 unspecified atom stereocenters. The van der Waals surface area contributed by atoms with E-state index in [9.17, 15) is 0 Å². The van der Waals surface area contributed by atoms with Crippen LogP contribution in [-0.4, -0.2) is 25.8 Å². The summed E-state index contributed by atoms with van der Waals surface area (Å²) in [6, 6.07) is 10.2. The molecule has 1 atom stereocenters. The first-order chi connectivity index (χ1) is 12.2. The summed E-state index contributed by atoms with van der Waals surface area (Å²) in [5.41, 5.74) is 1.95. The van der Waals surface area contributed by atoms with E-state index >= 15 is 0 Å². The van der Waals surface area contributed by atoms with Crippen LogP contribution in [0.3, 0.4) is 0 Å². The monoisotopic (exact) mass is 354 g/mol. The highest BCUT2D eigenvalue weighted by atomic mass is 35.5. The molecule has 0 amide bonds. The van der Waals surface area contributed by atoms with E-state index in [2.05, 4.69) is 21.4 Å². The normalized spacial score (nSPS) is 17.2. The van der Waals surface area contributed by atoms with Gasteiger partial charge in [0.2, 0.25) is 0 Å². The maximum absolute atomic E-state index is 6.17. The Bertz CT molecular complexity index is 893. The van der Waals surface area contributed by atoms with Gasteiger partial charge in [-0.05, 0) is 25.0 Å². The number of hydrogen-bond acceptors (Lipinski definition) is 4. The molecule has 6 heteroatoms. The number of ether oxygens (including phenoxy) is 1. The van der Waals surface area contributed by atoms with E-state index in [-0.39, 0.29) is 6.04 Å². The average Bonchev–Trinajstić information content (AvgIpc) is 3.27. The van der Waals surface area contributed by atoms with Crippen LogP contribution >= 0.6 is 11.6 Å². The van der Waals surface area contributed by atoms with Crippen LogP contribution in [0.1, 0.15) is 30.3 Å². The van der Waals surface area contributed by atoms with Crippen molar-refractivity contribution in [1.82, 2.24) is 19.3 Å². The number of aromatic nitrogens is 3. The Labute approximate surface area is 151 Å². The highest BCUT2D eigenvalue weighted by Gasteiger charge is 2.31. The number of imidazole rings is 1. The summed E-state index contributed by atoms with van der Waals surface area (Å²) in [5, 5.41) is 0.463. The number of halogens is 1. The van der Waals surface area contributed by atoms with Gasteiger partial charge in [-0.3, -0.25) is 4.40 Å². The molecule has 0 saturated carbocycles. The molecule has 5 nitrogen and oxygen atoms in total. The van der Waals surface area contributed by atoms with Crippen LogP contribution in [0.25, 0.3) is 5.52 Å². The number of rotatable bonds is 5. The van der Waals surface area contributed by atoms with Gasteiger partial charge in [0.05, 0.1) is 12.2 Å². The number of benzene rings is 1. The lowest BCUT2D eigenvalue weighted by Gasteiger charge is -2.27. The van der Waals surface area contributed by atoms with Crippen molar-refractivity contribution in [2.45, 2.75) is 25.5 Å². The van der Waals surface area contributed by atoms with E-state index in [1.165, 1.54) is 0 Å². The van der Waals surface area contributed by atoms with Gasteiger partial charge in [-0.2, -0.15) is 0 Å². The lowest BCUT2D eigenvalue weighted by molar-refractivity contribution is 0.0941. The molecule has 128 valence electrons. The summed E-state index contributed by atoms with van der Waals surface area (Å²) in [6.45, 7) is 5.56. The second-order valence-corrected chi connectivity index (χ2v) is 6.47. The molecule has 4 rings (SSSR count). The third-order valence-corrected chi connectivity index (χ3v) is 4.85. The molecule has 25 heavy (non-hydrogen) atoms. The van der Waals surface area contributed by atoms with E-state index in [0.29, 0.717) is 17.6 Å². The van der Waals surface area contributed by atoms with E-state index in [1.807, 2.05) is 40.9 Å². The molecule has 1 aliphatic rings. The van der Waals surface area contributed by atoms with Crippen molar-refractivity contribution in [3.05, 3.63) is 77.9 Å². The quantitative estimate of drug-likeness (QED) is 0.644. The van der Waals surface area contributed by atoms with Gasteiger partial charge in [-0.25, -0.2) is 9.97 Å². The zero-order valence-corrected chi connectivity index (χ0v) is 14.6. The standard InChI is InChI=1S/C19H19ClN4O/c1-14(25-13-15-6-3-2-4-7-15)23-10-5-8-16(23)19-22-12-17-18(20)21-9-11-24(17)19/h2-4,6-7,9,11-12,16H,1,5,8,10,13H2. The summed E-state index contributed by atoms with van der Waals surface area (Å²) < 4.78 is 7.93. The Hall–Kier alpha value is -2.53. The van der Waals surface area contributed by atoms with Gasteiger partial charge in [0.1, 0.15) is 17.9 Å². The summed E-state index contributed by atoms with van der Waals surface area (Å²) in [6.07, 6.45) is 7.45. The highest BCUT2D eigenvalue weighted by Crippen LogP contribution is 2.35. The van der Waals surface area contributed by atoms with Crippen molar-refractivity contribution >= 4 is 17.1 Å². The van der Waals surface area contributed by atoms with Crippen molar-refractivity contribution in [3.63, 3.8) is 0 Å². The van der Waals surface area contributed by atoms with Crippen LogP contribution < -0.4 is 0 Å². The third kappa shape index (κ3) is 3.07. The smallest absolute Gasteiger partial charge is 0.182 e. The predicted molar refractivity (Wildman–Crippen MR) is 97.0 cm³/mol. The van der Waals surface area contributed by atoms with Gasteiger partial charge < -0.3 is 9.64 Å². The molecule has 1 fully saturated rings. The molecule has 1 saturated heterocycles. The maximum Gasteiger partial charge on any atom is 0.182 e. The zero-order chi connectivity index (χ0) is 17.2. The molecule has 0 N–H and O–H groups in total. The molecular weight excluding hydrogens is 336 g/mol. The molecule has 2 aromatic heterocycles. The molecule has 0 radical (unpaired) electrons. The number of likely N-dealkylation sites (tertiary alicyclic amines) is 1. The largest absolute Gasteiger partial charge is 0.475 e. The van der Waals surface area contributed by atoms with E-state index in [1.54, 1.807) is 12.4 Å². The summed E-state index contributed by atoms with van der Waals surface area (Å²) in [4.78, 5) is 10.9. The average molecular weight is 355 g/mol. The van der Waals surface area contributed by atoms with Crippen LogP contribution in [0.5, 0.6) is 0 Å². The van der Waals surface area contributed by atoms with Crippen molar-refractivity contribution < 1.29 is 4.74 Å². The van der Waals surface area contributed by atoms with Gasteiger partial charge >= 0.3 is 0 Å². The minimum absolute atomic E-state index is 0.129. The summed E-state index contributed by atoms with van der Waals surface area (Å²) >= 11 is 6.17. The predicted octanol–water partition coefficient (Wildman–Crippen LogP) is 4.21. The van der Waals surface area contributed by atoms with Crippen LogP contribution in [-0.2, 0) is 11.3 Å². The molecule has 1 aliphatic heterocycles. The van der Waals surface area contributed by atoms with Gasteiger partial charge in [0, 0.05) is 18.9 Å². The first-order valence-electron chi connectivity index (χ1n) is 8.34. The van der Waals surface area contributed by atoms with Crippen molar-refractivity contribution in [2.75, 3.05) is 6.54 Å². The number of fused-ring (bicyclic) bond motifs is 1. The highest BCUT2D eigenvalue weighted by molar-refractivity contribution is 6.32. The van der Waals surface area contributed by atoms with E-state index < -0.39 is 0 Å². The Morgan fingerprint density at radius 1 is 1.28 bits per heavy atom. The Balaban J connectivity index is 1.53. The van der Waals surface area contributed by atoms with E-state index in [0.717, 1.165) is 36.3 Å². The first-order valence-corrected chi connectivity index (χ1v) is 8.71. The van der Waals surface area contributed by atoms with Crippen LogP contribution in [0.4, 0.5) is 0 Å². The summed E-state index contributed by atoms with van der Waals surface area (Å²) in [7, 11) is 0. The molecule has 1 aromatic carbocycles. The second-order valence-electron chi connectivity index (χ2n) is 6.11. The van der Waals surface area contributed by atoms with Gasteiger partial charge in [0.15, 0.2) is 11.0 Å². The molecule has 0 aliphatic carbocycles. The molecule has 0 bridgehead atoms. The third-order valence-electron chi connectivity index (χ3n) is 4.56. The van der Waals surface area contributed by atoms with Gasteiger partial charge in [-0.15, -0.1) is 0 Å². The topological polar surface area (TPSA) is 42.7 Å². The first kappa shape index (κ1) is 16.0. The fraction of sp³-hybridized carbons (Fsp3) is 0.263. The SMILES string of the molecule is C=C(OCc1ccccc1)N1CCCC1c1ncc2c(Cl)nccn12. The lowest BCUT2D eigenvalue weighted by atomic mass is 10.2. The fourth-order valence-electron chi connectivity index (χ4n) is 3.32. The second kappa shape index (κ2) is 6.76. The fourth-order valence-corrected chi connectivity index (χ4v) is 3.52. The molecule has 0 spiro atoms. The minimum Gasteiger partial charge on any atom is -0.475 e. The molecule has 3 aromatic rings. The summed E-state index contributed by atoms with van der Waals surface area (Å²) in [5.74, 6) is 1.63. The van der Waals surface area contributed by atoms with Crippen LogP contribution in [0, 0.1) is 0 Å². The minimum atomic E-state index is 0.129. The van der Waals surface area contributed by atoms with Crippen LogP contribution in [0.15, 0.2) is 61.4 Å².